The van der Waals surface area contributed by atoms with Crippen molar-refractivity contribution in [3.05, 3.63) is 64.7 Å². The first-order valence-electron chi connectivity index (χ1n) is 8.42. The molecule has 1 aliphatic heterocycles. The highest BCUT2D eigenvalue weighted by atomic mass is 32.1. The van der Waals surface area contributed by atoms with Gasteiger partial charge in [0.25, 0.3) is 0 Å². The molecule has 0 aliphatic carbocycles. The number of thiazole rings is 1. The first-order chi connectivity index (χ1) is 12.7. The zero-order valence-electron chi connectivity index (χ0n) is 14.0. The maximum absolute atomic E-state index is 12.9. The maximum atomic E-state index is 12.9. The van der Waals surface area contributed by atoms with Gasteiger partial charge in [-0.15, -0.1) is 11.3 Å². The molecule has 1 fully saturated rings. The topological polar surface area (TPSA) is 42.4 Å². The van der Waals surface area contributed by atoms with Crippen molar-refractivity contribution in [3.63, 3.8) is 0 Å². The summed E-state index contributed by atoms with van der Waals surface area (Å²) in [5, 5.41) is 2.82. The summed E-state index contributed by atoms with van der Waals surface area (Å²) >= 11 is 1.51. The van der Waals surface area contributed by atoms with Crippen LogP contribution in [0.15, 0.2) is 53.9 Å². The lowest BCUT2D eigenvalue weighted by Crippen LogP contribution is -2.23. The molecule has 6 heteroatoms. The molecule has 1 saturated heterocycles. The van der Waals surface area contributed by atoms with E-state index in [1.165, 1.54) is 23.5 Å². The van der Waals surface area contributed by atoms with E-state index in [2.05, 4.69) is 4.98 Å². The van der Waals surface area contributed by atoms with E-state index in [9.17, 15) is 9.18 Å². The summed E-state index contributed by atoms with van der Waals surface area (Å²) in [5.41, 5.74) is 2.76. The summed E-state index contributed by atoms with van der Waals surface area (Å²) in [4.78, 5) is 18.4. The highest BCUT2D eigenvalue weighted by Crippen LogP contribution is 2.28. The molecule has 26 heavy (non-hydrogen) atoms. The largest absolute Gasteiger partial charge is 0.486 e. The molecule has 1 amide bonds. The molecule has 0 N–H and O–H groups in total. The molecule has 0 spiro atoms. The maximum Gasteiger partial charge on any atom is 0.227 e. The van der Waals surface area contributed by atoms with E-state index in [0.717, 1.165) is 34.9 Å². The SMILES string of the molecule is O=C1CCCN1c1cccc(-c2csc(COc3ccc(F)cc3)n2)c1. The van der Waals surface area contributed by atoms with E-state index < -0.39 is 0 Å². The third-order valence-electron chi connectivity index (χ3n) is 4.25. The Morgan fingerprint density at radius 1 is 1.19 bits per heavy atom. The highest BCUT2D eigenvalue weighted by Gasteiger charge is 2.22. The number of benzene rings is 2. The number of anilines is 1. The lowest BCUT2D eigenvalue weighted by molar-refractivity contribution is -0.117. The number of carbonyl (C=O) groups excluding carboxylic acids is 1. The van der Waals surface area contributed by atoms with Gasteiger partial charge in [0, 0.05) is 29.6 Å². The molecule has 4 rings (SSSR count). The van der Waals surface area contributed by atoms with Crippen LogP contribution >= 0.6 is 11.3 Å². The van der Waals surface area contributed by atoms with E-state index >= 15 is 0 Å². The predicted octanol–water partition coefficient (Wildman–Crippen LogP) is 4.66. The highest BCUT2D eigenvalue weighted by molar-refractivity contribution is 7.09. The van der Waals surface area contributed by atoms with Crippen LogP contribution in [0.25, 0.3) is 11.3 Å². The lowest BCUT2D eigenvalue weighted by atomic mass is 10.1. The number of hydrogen-bond acceptors (Lipinski definition) is 4. The van der Waals surface area contributed by atoms with Crippen molar-refractivity contribution in [2.75, 3.05) is 11.4 Å². The molecular weight excluding hydrogens is 351 g/mol. The Labute approximate surface area is 154 Å². The summed E-state index contributed by atoms with van der Waals surface area (Å²) < 4.78 is 18.6. The van der Waals surface area contributed by atoms with Crippen molar-refractivity contribution in [3.8, 4) is 17.0 Å². The summed E-state index contributed by atoms with van der Waals surface area (Å²) in [6.45, 7) is 1.11. The summed E-state index contributed by atoms with van der Waals surface area (Å²) in [5.74, 6) is 0.497. The van der Waals surface area contributed by atoms with Gasteiger partial charge in [-0.1, -0.05) is 12.1 Å². The zero-order valence-corrected chi connectivity index (χ0v) is 14.8. The lowest BCUT2D eigenvalue weighted by Gasteiger charge is -2.16. The number of rotatable bonds is 5. The standard InChI is InChI=1S/C20H17FN2O2S/c21-15-6-8-17(9-7-15)25-12-19-22-18(13-26-19)14-3-1-4-16(11-14)23-10-2-5-20(23)24/h1,3-4,6-9,11,13H,2,5,10,12H2. The zero-order chi connectivity index (χ0) is 17.9. The van der Waals surface area contributed by atoms with Crippen LogP contribution < -0.4 is 9.64 Å². The van der Waals surface area contributed by atoms with Gasteiger partial charge in [0.1, 0.15) is 23.2 Å². The Morgan fingerprint density at radius 3 is 2.81 bits per heavy atom. The first kappa shape index (κ1) is 16.7. The van der Waals surface area contributed by atoms with Gasteiger partial charge in [-0.25, -0.2) is 9.37 Å². The van der Waals surface area contributed by atoms with E-state index in [-0.39, 0.29) is 11.7 Å². The molecule has 1 aliphatic rings. The number of ether oxygens (including phenoxy) is 1. The number of nitrogens with zero attached hydrogens (tertiary/aromatic N) is 2. The Hall–Kier alpha value is -2.73. The van der Waals surface area contributed by atoms with Crippen LogP contribution in [0, 0.1) is 5.82 Å². The second-order valence-electron chi connectivity index (χ2n) is 6.07. The van der Waals surface area contributed by atoms with Crippen molar-refractivity contribution >= 4 is 22.9 Å². The average molecular weight is 368 g/mol. The van der Waals surface area contributed by atoms with Gasteiger partial charge >= 0.3 is 0 Å². The van der Waals surface area contributed by atoms with Gasteiger partial charge in [0.05, 0.1) is 5.69 Å². The van der Waals surface area contributed by atoms with Gasteiger partial charge in [0.15, 0.2) is 0 Å². The molecule has 0 bridgehead atoms. The monoisotopic (exact) mass is 368 g/mol. The number of aromatic nitrogens is 1. The van der Waals surface area contributed by atoms with Gasteiger partial charge < -0.3 is 9.64 Å². The van der Waals surface area contributed by atoms with Crippen LogP contribution in [0.5, 0.6) is 5.75 Å². The van der Waals surface area contributed by atoms with Crippen molar-refractivity contribution < 1.29 is 13.9 Å². The fraction of sp³-hybridized carbons (Fsp3) is 0.200. The molecule has 2 heterocycles. The fourth-order valence-corrected chi connectivity index (χ4v) is 3.65. The summed E-state index contributed by atoms with van der Waals surface area (Å²) in [6.07, 6.45) is 1.52. The Bertz CT molecular complexity index is 924. The molecule has 1 aromatic heterocycles. The van der Waals surface area contributed by atoms with Crippen LogP contribution in [0.3, 0.4) is 0 Å². The molecular formula is C20H17FN2O2S. The molecule has 132 valence electrons. The van der Waals surface area contributed by atoms with Crippen molar-refractivity contribution in [1.29, 1.82) is 0 Å². The normalized spacial score (nSPS) is 14.0. The van der Waals surface area contributed by atoms with Gasteiger partial charge in [-0.2, -0.15) is 0 Å². The molecule has 0 atom stereocenters. The second-order valence-corrected chi connectivity index (χ2v) is 7.01. The molecule has 2 aromatic carbocycles. The molecule has 0 radical (unpaired) electrons. The van der Waals surface area contributed by atoms with Crippen LogP contribution in [0.4, 0.5) is 10.1 Å². The second kappa shape index (κ2) is 7.25. The minimum atomic E-state index is -0.287. The third kappa shape index (κ3) is 3.60. The smallest absolute Gasteiger partial charge is 0.227 e. The van der Waals surface area contributed by atoms with Gasteiger partial charge in [-0.3, -0.25) is 4.79 Å². The van der Waals surface area contributed by atoms with Crippen LogP contribution in [0.1, 0.15) is 17.8 Å². The average Bonchev–Trinajstić information content (AvgIpc) is 3.30. The van der Waals surface area contributed by atoms with Gasteiger partial charge in [0.2, 0.25) is 5.91 Å². The minimum Gasteiger partial charge on any atom is -0.486 e. The number of halogens is 1. The first-order valence-corrected chi connectivity index (χ1v) is 9.30. The van der Waals surface area contributed by atoms with Gasteiger partial charge in [-0.05, 0) is 42.8 Å². The van der Waals surface area contributed by atoms with Crippen LogP contribution in [-0.2, 0) is 11.4 Å². The quantitative estimate of drug-likeness (QED) is 0.658. The molecule has 0 saturated carbocycles. The Kier molecular flexibility index (Phi) is 4.67. The summed E-state index contributed by atoms with van der Waals surface area (Å²) in [7, 11) is 0. The van der Waals surface area contributed by atoms with Crippen molar-refractivity contribution in [2.45, 2.75) is 19.4 Å². The fourth-order valence-electron chi connectivity index (χ4n) is 2.94. The van der Waals surface area contributed by atoms with E-state index in [0.29, 0.717) is 18.8 Å². The Morgan fingerprint density at radius 2 is 2.04 bits per heavy atom. The predicted molar refractivity (Wildman–Crippen MR) is 99.9 cm³/mol. The molecule has 4 nitrogen and oxygen atoms in total. The number of carbonyl (C=O) groups is 1. The molecule has 3 aromatic rings. The summed E-state index contributed by atoms with van der Waals surface area (Å²) in [6, 6.07) is 13.8. The van der Waals surface area contributed by atoms with E-state index in [1.54, 1.807) is 12.1 Å². The van der Waals surface area contributed by atoms with E-state index in [4.69, 9.17) is 4.74 Å². The minimum absolute atomic E-state index is 0.175. The van der Waals surface area contributed by atoms with Crippen molar-refractivity contribution in [1.82, 2.24) is 4.98 Å². The number of amides is 1. The number of hydrogen-bond donors (Lipinski definition) is 0. The van der Waals surface area contributed by atoms with Crippen LogP contribution in [-0.4, -0.2) is 17.4 Å². The molecule has 0 unspecified atom stereocenters. The van der Waals surface area contributed by atoms with Crippen molar-refractivity contribution in [2.24, 2.45) is 0 Å². The Balaban J connectivity index is 1.47. The van der Waals surface area contributed by atoms with E-state index in [1.807, 2.05) is 34.5 Å². The van der Waals surface area contributed by atoms with Crippen LogP contribution in [0.2, 0.25) is 0 Å². The third-order valence-corrected chi connectivity index (χ3v) is 5.08.